The third-order valence-electron chi connectivity index (χ3n) is 2.28. The van der Waals surface area contributed by atoms with Crippen molar-refractivity contribution in [2.24, 2.45) is 0 Å². The van der Waals surface area contributed by atoms with Crippen LogP contribution in [0.3, 0.4) is 0 Å². The van der Waals surface area contributed by atoms with Gasteiger partial charge in [-0.2, -0.15) is 0 Å². The summed E-state index contributed by atoms with van der Waals surface area (Å²) in [5.41, 5.74) is 4.35. The average Bonchev–Trinajstić information content (AvgIpc) is 2.21. The van der Waals surface area contributed by atoms with E-state index < -0.39 is 0 Å². The molecule has 1 nitrogen and oxygen atoms in total. The zero-order valence-corrected chi connectivity index (χ0v) is 8.67. The highest BCUT2D eigenvalue weighted by Crippen LogP contribution is 2.21. The van der Waals surface area contributed by atoms with Crippen LogP contribution < -0.4 is 0 Å². The zero-order chi connectivity index (χ0) is 10.6. The predicted octanol–water partition coefficient (Wildman–Crippen LogP) is 3.60. The minimum atomic E-state index is 0.939. The maximum atomic E-state index is 7.23. The van der Waals surface area contributed by atoms with Crippen molar-refractivity contribution < 1.29 is 0 Å². The molecule has 0 saturated heterocycles. The smallest absolute Gasteiger partial charge is 0.0213 e. The largest absolute Gasteiger partial charge is 0.308 e. The van der Waals surface area contributed by atoms with Crippen molar-refractivity contribution in [3.8, 4) is 0 Å². The van der Waals surface area contributed by atoms with E-state index in [1.54, 1.807) is 0 Å². The highest BCUT2D eigenvalue weighted by molar-refractivity contribution is 5.92. The number of nitrogens with one attached hydrogen (secondary N) is 1. The maximum absolute atomic E-state index is 7.23. The summed E-state index contributed by atoms with van der Waals surface area (Å²) in [7, 11) is 0. The van der Waals surface area contributed by atoms with Gasteiger partial charge in [-0.15, -0.1) is 0 Å². The molecular weight excluding hydrogens is 170 g/mol. The molecule has 1 aromatic carbocycles. The molecule has 1 N–H and O–H groups in total. The summed E-state index contributed by atoms with van der Waals surface area (Å²) in [5.74, 6) is 0. The summed E-state index contributed by atoms with van der Waals surface area (Å²) in [4.78, 5) is 0. The van der Waals surface area contributed by atoms with E-state index in [0.29, 0.717) is 0 Å². The van der Waals surface area contributed by atoms with Crippen LogP contribution in [0.15, 0.2) is 42.5 Å². The van der Waals surface area contributed by atoms with Crippen LogP contribution in [-0.2, 0) is 0 Å². The number of hydrogen-bond donors (Lipinski definition) is 1. The zero-order valence-electron chi connectivity index (χ0n) is 8.67. The van der Waals surface area contributed by atoms with Crippen molar-refractivity contribution >= 4 is 11.8 Å². The van der Waals surface area contributed by atoms with E-state index >= 15 is 0 Å². The maximum Gasteiger partial charge on any atom is 0.0213 e. The monoisotopic (exact) mass is 185 g/mol. The Bertz CT molecular complexity index is 386. The van der Waals surface area contributed by atoms with Crippen LogP contribution in [0, 0.1) is 12.3 Å². The predicted molar refractivity (Wildman–Crippen MR) is 62.8 cm³/mol. The van der Waals surface area contributed by atoms with E-state index in [-0.39, 0.29) is 0 Å². The van der Waals surface area contributed by atoms with Gasteiger partial charge in [0.05, 0.1) is 0 Å². The van der Waals surface area contributed by atoms with Crippen molar-refractivity contribution in [3.63, 3.8) is 0 Å². The second kappa shape index (κ2) is 4.56. The van der Waals surface area contributed by atoms with E-state index in [9.17, 15) is 0 Å². The molecule has 0 aliphatic carbocycles. The lowest BCUT2D eigenvalue weighted by atomic mass is 9.97. The van der Waals surface area contributed by atoms with Crippen LogP contribution in [0.1, 0.15) is 18.1 Å². The van der Waals surface area contributed by atoms with Crippen LogP contribution in [0.2, 0.25) is 0 Å². The van der Waals surface area contributed by atoms with Crippen molar-refractivity contribution in [1.82, 2.24) is 0 Å². The Labute approximate surface area is 85.3 Å². The fourth-order valence-electron chi connectivity index (χ4n) is 1.44. The number of aryl methyl sites for hydroxylation is 1. The standard InChI is InChI=1S/C13H15N/c1-4-12(11(3)9-14)13-8-6-5-7-10(13)2/h4-9,14H,1H2,2-3H3/b12-11+,14-9?. The molecule has 14 heavy (non-hydrogen) atoms. The Balaban J connectivity index is 3.34. The lowest BCUT2D eigenvalue weighted by molar-refractivity contribution is 1.41. The van der Waals surface area contributed by atoms with E-state index in [0.717, 1.165) is 16.7 Å². The molecule has 0 spiro atoms. The van der Waals surface area contributed by atoms with Gasteiger partial charge in [0.1, 0.15) is 0 Å². The van der Waals surface area contributed by atoms with E-state index in [2.05, 4.69) is 25.6 Å². The molecule has 0 radical (unpaired) electrons. The molecule has 0 unspecified atom stereocenters. The fourth-order valence-corrected chi connectivity index (χ4v) is 1.44. The van der Waals surface area contributed by atoms with Crippen LogP contribution in [0.5, 0.6) is 0 Å². The molecule has 0 amide bonds. The van der Waals surface area contributed by atoms with Crippen LogP contribution in [0.25, 0.3) is 5.57 Å². The summed E-state index contributed by atoms with van der Waals surface area (Å²) in [5, 5.41) is 7.23. The third kappa shape index (κ3) is 1.99. The average molecular weight is 185 g/mol. The molecule has 0 atom stereocenters. The second-order valence-corrected chi connectivity index (χ2v) is 3.26. The van der Waals surface area contributed by atoms with E-state index in [1.165, 1.54) is 11.8 Å². The van der Waals surface area contributed by atoms with Crippen molar-refractivity contribution in [2.75, 3.05) is 0 Å². The molecule has 72 valence electrons. The molecule has 0 aliphatic rings. The van der Waals surface area contributed by atoms with E-state index in [1.807, 2.05) is 25.1 Å². The fraction of sp³-hybridized carbons (Fsp3) is 0.154. The first kappa shape index (κ1) is 10.5. The van der Waals surface area contributed by atoms with E-state index in [4.69, 9.17) is 5.41 Å². The van der Waals surface area contributed by atoms with Crippen molar-refractivity contribution in [1.29, 1.82) is 5.41 Å². The molecule has 1 rings (SSSR count). The molecule has 0 aromatic heterocycles. The number of benzene rings is 1. The Hall–Kier alpha value is -1.63. The SMILES string of the molecule is C=C/C(=C(/C)C=N)c1ccccc1C. The van der Waals surface area contributed by atoms with Gasteiger partial charge in [0.25, 0.3) is 0 Å². The summed E-state index contributed by atoms with van der Waals surface area (Å²) in [6, 6.07) is 8.14. The van der Waals surface area contributed by atoms with Gasteiger partial charge in [0.15, 0.2) is 0 Å². The quantitative estimate of drug-likeness (QED) is 0.549. The first-order valence-electron chi connectivity index (χ1n) is 4.60. The first-order valence-corrected chi connectivity index (χ1v) is 4.60. The molecule has 0 saturated carbocycles. The summed E-state index contributed by atoms with van der Waals surface area (Å²) < 4.78 is 0. The molecule has 0 aliphatic heterocycles. The topological polar surface area (TPSA) is 23.9 Å². The van der Waals surface area contributed by atoms with Gasteiger partial charge in [-0.25, -0.2) is 0 Å². The number of allylic oxidation sites excluding steroid dienone is 3. The lowest BCUT2D eigenvalue weighted by Crippen LogP contribution is -1.90. The van der Waals surface area contributed by atoms with Crippen molar-refractivity contribution in [3.05, 3.63) is 53.6 Å². The molecule has 0 fully saturated rings. The molecular formula is C13H15N. The molecule has 1 heteroatoms. The Morgan fingerprint density at radius 3 is 2.50 bits per heavy atom. The van der Waals surface area contributed by atoms with Gasteiger partial charge in [-0.1, -0.05) is 36.9 Å². The number of rotatable bonds is 3. The summed E-state index contributed by atoms with van der Waals surface area (Å²) in [6.45, 7) is 7.78. The molecule has 0 bridgehead atoms. The lowest BCUT2D eigenvalue weighted by Gasteiger charge is -2.08. The summed E-state index contributed by atoms with van der Waals surface area (Å²) in [6.07, 6.45) is 3.17. The van der Waals surface area contributed by atoms with Crippen molar-refractivity contribution in [2.45, 2.75) is 13.8 Å². The van der Waals surface area contributed by atoms with Gasteiger partial charge in [0.2, 0.25) is 0 Å². The Morgan fingerprint density at radius 2 is 2.00 bits per heavy atom. The minimum Gasteiger partial charge on any atom is -0.308 e. The number of hydrogen-bond acceptors (Lipinski definition) is 1. The Morgan fingerprint density at radius 1 is 1.36 bits per heavy atom. The van der Waals surface area contributed by atoms with Gasteiger partial charge < -0.3 is 5.41 Å². The molecule has 1 aromatic rings. The first-order chi connectivity index (χ1) is 6.70. The summed E-state index contributed by atoms with van der Waals surface area (Å²) >= 11 is 0. The van der Waals surface area contributed by atoms with Gasteiger partial charge in [0, 0.05) is 6.21 Å². The van der Waals surface area contributed by atoms with Crippen LogP contribution >= 0.6 is 0 Å². The van der Waals surface area contributed by atoms with Gasteiger partial charge in [-0.05, 0) is 36.1 Å². The van der Waals surface area contributed by atoms with Crippen LogP contribution in [-0.4, -0.2) is 6.21 Å². The normalized spacial score (nSPS) is 11.9. The Kier molecular flexibility index (Phi) is 3.41. The highest BCUT2D eigenvalue weighted by atomic mass is 14.3. The second-order valence-electron chi connectivity index (χ2n) is 3.26. The minimum absolute atomic E-state index is 0.939. The highest BCUT2D eigenvalue weighted by Gasteiger charge is 2.02. The van der Waals surface area contributed by atoms with Crippen LogP contribution in [0.4, 0.5) is 0 Å². The molecule has 0 heterocycles. The van der Waals surface area contributed by atoms with Gasteiger partial charge in [-0.3, -0.25) is 0 Å². The third-order valence-corrected chi connectivity index (χ3v) is 2.28. The van der Waals surface area contributed by atoms with Gasteiger partial charge >= 0.3 is 0 Å².